The van der Waals surface area contributed by atoms with Crippen LogP contribution >= 0.6 is 11.3 Å². The van der Waals surface area contributed by atoms with Crippen LogP contribution in [-0.4, -0.2) is 36.2 Å². The molecule has 0 fully saturated rings. The third-order valence-corrected chi connectivity index (χ3v) is 5.39. The molecule has 1 aromatic carbocycles. The maximum atomic E-state index is 12.4. The molecular formula is C20H21N3O5S. The highest BCUT2D eigenvalue weighted by Gasteiger charge is 2.23. The molecule has 0 aliphatic rings. The summed E-state index contributed by atoms with van der Waals surface area (Å²) in [4.78, 5) is 29.5. The summed E-state index contributed by atoms with van der Waals surface area (Å²) in [7, 11) is 2.84. The number of para-hydroxylation sites is 1. The first kappa shape index (κ1) is 20.5. The van der Waals surface area contributed by atoms with E-state index in [-0.39, 0.29) is 18.0 Å². The second-order valence-electron chi connectivity index (χ2n) is 6.24. The number of rotatable bonds is 7. The topological polar surface area (TPSA) is 104 Å². The number of aryl methyl sites for hydroxylation is 2. The molecule has 0 bridgehead atoms. The maximum Gasteiger partial charge on any atom is 0.358 e. The van der Waals surface area contributed by atoms with E-state index in [1.165, 1.54) is 18.4 Å². The molecule has 2 heterocycles. The third kappa shape index (κ3) is 4.45. The van der Waals surface area contributed by atoms with Gasteiger partial charge in [-0.15, -0.1) is 0 Å². The summed E-state index contributed by atoms with van der Waals surface area (Å²) in [6, 6.07) is 7.28. The fourth-order valence-corrected chi connectivity index (χ4v) is 3.90. The Morgan fingerprint density at radius 3 is 2.62 bits per heavy atom. The van der Waals surface area contributed by atoms with E-state index >= 15 is 0 Å². The molecule has 0 unspecified atom stereocenters. The number of amides is 1. The van der Waals surface area contributed by atoms with Crippen LogP contribution in [0.1, 0.15) is 33.9 Å². The van der Waals surface area contributed by atoms with Crippen LogP contribution in [0.2, 0.25) is 0 Å². The zero-order valence-electron chi connectivity index (χ0n) is 16.6. The van der Waals surface area contributed by atoms with Crippen LogP contribution in [-0.2, 0) is 16.0 Å². The third-order valence-electron chi connectivity index (χ3n) is 4.39. The minimum atomic E-state index is -0.585. The number of anilines is 1. The van der Waals surface area contributed by atoms with E-state index < -0.39 is 5.97 Å². The van der Waals surface area contributed by atoms with Gasteiger partial charge in [0.1, 0.15) is 11.5 Å². The second kappa shape index (κ2) is 8.87. The first-order valence-corrected chi connectivity index (χ1v) is 9.70. The van der Waals surface area contributed by atoms with Gasteiger partial charge in [-0.3, -0.25) is 4.79 Å². The smallest absolute Gasteiger partial charge is 0.358 e. The van der Waals surface area contributed by atoms with Crippen molar-refractivity contribution < 1.29 is 23.6 Å². The summed E-state index contributed by atoms with van der Waals surface area (Å²) in [5, 5.41) is 6.97. The van der Waals surface area contributed by atoms with Crippen LogP contribution in [0.5, 0.6) is 5.75 Å². The van der Waals surface area contributed by atoms with Crippen LogP contribution in [0.15, 0.2) is 28.8 Å². The molecule has 1 N–H and O–H groups in total. The predicted octanol–water partition coefficient (Wildman–Crippen LogP) is 3.78. The van der Waals surface area contributed by atoms with Gasteiger partial charge in [0, 0.05) is 17.5 Å². The van der Waals surface area contributed by atoms with Gasteiger partial charge in [-0.2, -0.15) is 0 Å². The van der Waals surface area contributed by atoms with E-state index in [1.807, 2.05) is 32.0 Å². The average Bonchev–Trinajstić information content (AvgIpc) is 3.28. The molecule has 8 nitrogen and oxygen atoms in total. The van der Waals surface area contributed by atoms with Crippen LogP contribution in [0, 0.1) is 13.8 Å². The highest BCUT2D eigenvalue weighted by Crippen LogP contribution is 2.38. The quantitative estimate of drug-likeness (QED) is 0.586. The molecule has 0 radical (unpaired) electrons. The number of nitrogens with one attached hydrogen (secondary N) is 1. The zero-order valence-corrected chi connectivity index (χ0v) is 17.4. The van der Waals surface area contributed by atoms with Gasteiger partial charge < -0.3 is 19.3 Å². The maximum absolute atomic E-state index is 12.4. The van der Waals surface area contributed by atoms with Gasteiger partial charge in [0.15, 0.2) is 10.8 Å². The lowest BCUT2D eigenvalue weighted by molar-refractivity contribution is -0.116. The first-order valence-electron chi connectivity index (χ1n) is 8.88. The van der Waals surface area contributed by atoms with E-state index in [1.54, 1.807) is 13.2 Å². The number of benzene rings is 1. The summed E-state index contributed by atoms with van der Waals surface area (Å²) < 4.78 is 15.4. The molecule has 0 aliphatic heterocycles. The number of hydrogen-bond donors (Lipinski definition) is 1. The van der Waals surface area contributed by atoms with Gasteiger partial charge in [-0.05, 0) is 32.4 Å². The van der Waals surface area contributed by atoms with Crippen LogP contribution in [0.4, 0.5) is 5.13 Å². The van der Waals surface area contributed by atoms with Crippen molar-refractivity contribution in [2.45, 2.75) is 26.7 Å². The normalized spacial score (nSPS) is 10.6. The van der Waals surface area contributed by atoms with Crippen molar-refractivity contribution in [2.75, 3.05) is 19.5 Å². The van der Waals surface area contributed by atoms with Crippen LogP contribution in [0.3, 0.4) is 0 Å². The van der Waals surface area contributed by atoms with Gasteiger partial charge in [-0.1, -0.05) is 28.6 Å². The Morgan fingerprint density at radius 2 is 1.97 bits per heavy atom. The van der Waals surface area contributed by atoms with Gasteiger partial charge in [0.05, 0.1) is 24.8 Å². The lowest BCUT2D eigenvalue weighted by atomic mass is 10.1. The van der Waals surface area contributed by atoms with E-state index in [0.717, 1.165) is 11.3 Å². The van der Waals surface area contributed by atoms with Crippen LogP contribution in [0.25, 0.3) is 10.4 Å². The fraction of sp³-hybridized carbons (Fsp3) is 0.300. The second-order valence-corrected chi connectivity index (χ2v) is 7.24. The number of methoxy groups -OCH3 is 2. The van der Waals surface area contributed by atoms with E-state index in [2.05, 4.69) is 15.5 Å². The molecule has 29 heavy (non-hydrogen) atoms. The number of hydrogen-bond acceptors (Lipinski definition) is 8. The highest BCUT2D eigenvalue weighted by atomic mass is 32.1. The number of thiazole rings is 1. The lowest BCUT2D eigenvalue weighted by Crippen LogP contribution is -2.13. The minimum Gasteiger partial charge on any atom is -0.496 e. The lowest BCUT2D eigenvalue weighted by Gasteiger charge is -2.06. The number of nitrogens with zero attached hydrogens (tertiary/aromatic N) is 2. The number of esters is 1. The summed E-state index contributed by atoms with van der Waals surface area (Å²) >= 11 is 1.19. The van der Waals surface area contributed by atoms with Crippen molar-refractivity contribution in [3.8, 4) is 16.2 Å². The highest BCUT2D eigenvalue weighted by molar-refractivity contribution is 7.19. The number of carbonyl (C=O) groups is 2. The molecule has 0 aliphatic carbocycles. The molecule has 0 spiro atoms. The van der Waals surface area contributed by atoms with Gasteiger partial charge in [0.2, 0.25) is 5.91 Å². The van der Waals surface area contributed by atoms with Crippen molar-refractivity contribution in [2.24, 2.45) is 0 Å². The van der Waals surface area contributed by atoms with Gasteiger partial charge in [0.25, 0.3) is 0 Å². The van der Waals surface area contributed by atoms with Gasteiger partial charge in [-0.25, -0.2) is 9.78 Å². The number of ether oxygens (including phenoxy) is 2. The van der Waals surface area contributed by atoms with Crippen molar-refractivity contribution in [1.29, 1.82) is 0 Å². The molecule has 3 rings (SSSR count). The molecule has 3 aromatic rings. The molecular weight excluding hydrogens is 394 g/mol. The van der Waals surface area contributed by atoms with E-state index in [0.29, 0.717) is 33.5 Å². The average molecular weight is 415 g/mol. The van der Waals surface area contributed by atoms with E-state index in [9.17, 15) is 9.59 Å². The van der Waals surface area contributed by atoms with Crippen molar-refractivity contribution in [3.63, 3.8) is 0 Å². The predicted molar refractivity (Wildman–Crippen MR) is 108 cm³/mol. The SMILES string of the molecule is COC(=O)c1nc(NC(=O)CCc2c(C)noc2C)sc1-c1ccccc1OC. The van der Waals surface area contributed by atoms with Gasteiger partial charge >= 0.3 is 5.97 Å². The Bertz CT molecular complexity index is 1020. The Labute approximate surface area is 171 Å². The molecule has 0 atom stereocenters. The minimum absolute atomic E-state index is 0.128. The Kier molecular flexibility index (Phi) is 6.28. The molecule has 1 amide bonds. The summed E-state index contributed by atoms with van der Waals surface area (Å²) in [5.41, 5.74) is 2.52. The number of aromatic nitrogens is 2. The standard InChI is InChI=1S/C20H21N3O5S/c1-11-13(12(2)28-23-11)9-10-16(24)21-20-22-17(19(25)27-4)18(29-20)14-7-5-6-8-15(14)26-3/h5-8H,9-10H2,1-4H3,(H,21,22,24). The van der Waals surface area contributed by atoms with Crippen molar-refractivity contribution in [1.82, 2.24) is 10.1 Å². The van der Waals surface area contributed by atoms with Crippen molar-refractivity contribution in [3.05, 3.63) is 47.0 Å². The number of carbonyl (C=O) groups excluding carboxylic acids is 2. The largest absolute Gasteiger partial charge is 0.496 e. The zero-order chi connectivity index (χ0) is 21.0. The fourth-order valence-electron chi connectivity index (χ4n) is 2.90. The molecule has 2 aromatic heterocycles. The van der Waals surface area contributed by atoms with E-state index in [4.69, 9.17) is 14.0 Å². The summed E-state index contributed by atoms with van der Waals surface area (Å²) in [6.07, 6.45) is 0.738. The Morgan fingerprint density at radius 1 is 1.21 bits per heavy atom. The molecule has 9 heteroatoms. The summed E-state index contributed by atoms with van der Waals surface area (Å²) in [5.74, 6) is 0.494. The molecule has 152 valence electrons. The van der Waals surface area contributed by atoms with Crippen LogP contribution < -0.4 is 10.1 Å². The molecule has 0 saturated carbocycles. The Balaban J connectivity index is 1.82. The Hall–Kier alpha value is -3.20. The van der Waals surface area contributed by atoms with Crippen molar-refractivity contribution >= 4 is 28.3 Å². The monoisotopic (exact) mass is 415 g/mol. The summed E-state index contributed by atoms with van der Waals surface area (Å²) in [6.45, 7) is 3.66. The first-order chi connectivity index (χ1) is 13.9. The molecule has 0 saturated heterocycles.